The predicted octanol–water partition coefficient (Wildman–Crippen LogP) is 5.56. The van der Waals surface area contributed by atoms with Crippen LogP contribution >= 0.6 is 0 Å². The van der Waals surface area contributed by atoms with Crippen LogP contribution in [0.5, 0.6) is 23.1 Å². The Labute approximate surface area is 284 Å². The third-order valence-corrected chi connectivity index (χ3v) is 9.15. The Kier molecular flexibility index (Phi) is 10.1. The molecule has 11 nitrogen and oxygen atoms in total. The first-order valence-electron chi connectivity index (χ1n) is 16.4. The van der Waals surface area contributed by atoms with Crippen molar-refractivity contribution in [1.82, 2.24) is 24.3 Å². The molecule has 0 radical (unpaired) electrons. The molecule has 0 unspecified atom stereocenters. The summed E-state index contributed by atoms with van der Waals surface area (Å²) in [6, 6.07) is 13.2. The Bertz CT molecular complexity index is 2080. The van der Waals surface area contributed by atoms with Gasteiger partial charge in [-0.25, -0.2) is 14.4 Å². The molecule has 49 heavy (non-hydrogen) atoms. The van der Waals surface area contributed by atoms with Crippen molar-refractivity contribution in [1.29, 1.82) is 0 Å². The number of aromatic nitrogens is 3. The average Bonchev–Trinajstić information content (AvgIpc) is 3.10. The van der Waals surface area contributed by atoms with E-state index in [4.69, 9.17) is 14.2 Å². The highest BCUT2D eigenvalue weighted by atomic mass is 19.1. The summed E-state index contributed by atoms with van der Waals surface area (Å²) in [4.78, 5) is 40.2. The van der Waals surface area contributed by atoms with Gasteiger partial charge in [-0.15, -0.1) is 0 Å². The lowest BCUT2D eigenvalue weighted by Crippen LogP contribution is -2.44. The van der Waals surface area contributed by atoms with Crippen LogP contribution in [0.25, 0.3) is 21.8 Å². The number of rotatable bonds is 11. The molecule has 1 amide bonds. The summed E-state index contributed by atoms with van der Waals surface area (Å²) in [7, 11) is 5.50. The molecule has 1 aliphatic rings. The van der Waals surface area contributed by atoms with E-state index in [1.807, 2.05) is 36.7 Å². The number of benzene rings is 3. The molecule has 3 heterocycles. The molecule has 0 aliphatic carbocycles. The average molecular weight is 669 g/mol. The fraction of sp³-hybridized carbons (Fsp3) is 0.351. The number of hydrogen-bond donors (Lipinski definition) is 1. The number of aryl methyl sites for hydroxylation is 2. The Morgan fingerprint density at radius 2 is 1.76 bits per heavy atom. The van der Waals surface area contributed by atoms with Crippen LogP contribution in [-0.4, -0.2) is 83.7 Å². The first kappa shape index (κ1) is 33.8. The van der Waals surface area contributed by atoms with Crippen LogP contribution in [0.4, 0.5) is 10.1 Å². The molecule has 3 aromatic carbocycles. The van der Waals surface area contributed by atoms with Gasteiger partial charge >= 0.3 is 0 Å². The van der Waals surface area contributed by atoms with Gasteiger partial charge in [0.1, 0.15) is 11.9 Å². The molecule has 0 bridgehead atoms. The number of amides is 1. The van der Waals surface area contributed by atoms with Crippen molar-refractivity contribution in [3.63, 3.8) is 0 Å². The van der Waals surface area contributed by atoms with E-state index in [-0.39, 0.29) is 28.3 Å². The number of ether oxygens (including phenoxy) is 3. The molecule has 1 saturated heterocycles. The highest BCUT2D eigenvalue weighted by molar-refractivity contribution is 6.07. The van der Waals surface area contributed by atoms with Crippen molar-refractivity contribution in [2.45, 2.75) is 26.7 Å². The number of carbonyl (C=O) groups is 1. The van der Waals surface area contributed by atoms with Gasteiger partial charge < -0.3 is 33.9 Å². The van der Waals surface area contributed by atoms with Crippen LogP contribution < -0.4 is 25.0 Å². The van der Waals surface area contributed by atoms with Crippen LogP contribution in [0.3, 0.4) is 0 Å². The van der Waals surface area contributed by atoms with Crippen LogP contribution in [0, 0.1) is 12.7 Å². The number of fused-ring (bicyclic) bond motifs is 2. The number of likely N-dealkylation sites (N-methyl/N-ethyl adjacent to an activating group) is 1. The van der Waals surface area contributed by atoms with Crippen molar-refractivity contribution < 1.29 is 23.4 Å². The van der Waals surface area contributed by atoms with Gasteiger partial charge in [0.05, 0.1) is 30.1 Å². The first-order valence-corrected chi connectivity index (χ1v) is 16.4. The molecule has 1 aliphatic heterocycles. The Balaban J connectivity index is 1.17. The molecule has 0 saturated carbocycles. The first-order chi connectivity index (χ1) is 23.7. The van der Waals surface area contributed by atoms with E-state index in [1.165, 1.54) is 18.5 Å². The SMILES string of the molecule is CCc1ccc2c(c1)c(=O)c(C(=O)Nc1ccc(Oc3ncnc4cc(OCCCN5CCN(C)CC5)c(OC)cc34)c(F)c1)c(C)n2C. The summed E-state index contributed by atoms with van der Waals surface area (Å²) in [6.07, 6.45) is 2.97. The zero-order chi connectivity index (χ0) is 34.7. The molecule has 0 spiro atoms. The van der Waals surface area contributed by atoms with E-state index in [2.05, 4.69) is 32.1 Å². The molecule has 1 fully saturated rings. The van der Waals surface area contributed by atoms with E-state index in [0.29, 0.717) is 40.1 Å². The molecule has 6 rings (SSSR count). The second kappa shape index (κ2) is 14.6. The molecule has 1 N–H and O–H groups in total. The van der Waals surface area contributed by atoms with Gasteiger partial charge in [-0.1, -0.05) is 13.0 Å². The fourth-order valence-electron chi connectivity index (χ4n) is 6.09. The summed E-state index contributed by atoms with van der Waals surface area (Å²) < 4.78 is 34.8. The Morgan fingerprint density at radius 1 is 0.959 bits per heavy atom. The number of methoxy groups -OCH3 is 1. The van der Waals surface area contributed by atoms with Crippen molar-refractivity contribution in [3.05, 3.63) is 87.7 Å². The van der Waals surface area contributed by atoms with E-state index >= 15 is 4.39 Å². The molecule has 256 valence electrons. The third-order valence-electron chi connectivity index (χ3n) is 9.15. The lowest BCUT2D eigenvalue weighted by molar-refractivity contribution is 0.102. The van der Waals surface area contributed by atoms with Gasteiger partial charge in [0.2, 0.25) is 11.3 Å². The maximum Gasteiger partial charge on any atom is 0.261 e. The van der Waals surface area contributed by atoms with Gasteiger partial charge in [0.25, 0.3) is 5.91 Å². The lowest BCUT2D eigenvalue weighted by Gasteiger charge is -2.32. The molecule has 5 aromatic rings. The van der Waals surface area contributed by atoms with Gasteiger partial charge in [-0.3, -0.25) is 9.59 Å². The molecule has 0 atom stereocenters. The lowest BCUT2D eigenvalue weighted by atomic mass is 10.0. The van der Waals surface area contributed by atoms with Gasteiger partial charge in [-0.05, 0) is 62.7 Å². The van der Waals surface area contributed by atoms with Gasteiger partial charge in [-0.2, -0.15) is 0 Å². The summed E-state index contributed by atoms with van der Waals surface area (Å²) in [5.41, 5.74) is 2.58. The zero-order valence-electron chi connectivity index (χ0n) is 28.5. The number of nitrogens with zero attached hydrogens (tertiary/aromatic N) is 5. The van der Waals surface area contributed by atoms with E-state index in [0.717, 1.165) is 62.7 Å². The monoisotopic (exact) mass is 668 g/mol. The summed E-state index contributed by atoms with van der Waals surface area (Å²) >= 11 is 0. The number of piperazine rings is 1. The molecule has 12 heteroatoms. The molecular formula is C37H41FN6O5. The Hall–Kier alpha value is -5.07. The Morgan fingerprint density at radius 3 is 2.49 bits per heavy atom. The minimum atomic E-state index is -0.729. The number of nitrogens with one attached hydrogen (secondary N) is 1. The minimum Gasteiger partial charge on any atom is -0.493 e. The third kappa shape index (κ3) is 7.20. The van der Waals surface area contributed by atoms with E-state index < -0.39 is 11.7 Å². The normalized spacial score (nSPS) is 13.9. The van der Waals surface area contributed by atoms with Gasteiger partial charge in [0, 0.05) is 68.7 Å². The number of pyridine rings is 1. The number of anilines is 1. The second-order valence-electron chi connectivity index (χ2n) is 12.3. The van der Waals surface area contributed by atoms with E-state index in [9.17, 15) is 9.59 Å². The van der Waals surface area contributed by atoms with E-state index in [1.54, 1.807) is 26.2 Å². The van der Waals surface area contributed by atoms with Crippen molar-refractivity contribution in [2.75, 3.05) is 58.8 Å². The van der Waals surface area contributed by atoms with Crippen molar-refractivity contribution in [3.8, 4) is 23.1 Å². The number of carbonyl (C=O) groups excluding carboxylic acids is 1. The zero-order valence-corrected chi connectivity index (χ0v) is 28.5. The maximum absolute atomic E-state index is 15.4. The van der Waals surface area contributed by atoms with Crippen LogP contribution in [0.1, 0.15) is 35.0 Å². The second-order valence-corrected chi connectivity index (χ2v) is 12.3. The van der Waals surface area contributed by atoms with Crippen molar-refractivity contribution in [2.24, 2.45) is 7.05 Å². The smallest absolute Gasteiger partial charge is 0.261 e. The summed E-state index contributed by atoms with van der Waals surface area (Å²) in [5, 5.41) is 3.64. The highest BCUT2D eigenvalue weighted by Crippen LogP contribution is 2.37. The number of halogens is 1. The predicted molar refractivity (Wildman–Crippen MR) is 188 cm³/mol. The number of hydrogen-bond acceptors (Lipinski definition) is 9. The van der Waals surface area contributed by atoms with Gasteiger partial charge in [0.15, 0.2) is 23.1 Å². The molecule has 2 aromatic heterocycles. The summed E-state index contributed by atoms with van der Waals surface area (Å²) in [6.45, 7) is 9.45. The summed E-state index contributed by atoms with van der Waals surface area (Å²) in [5.74, 6) is -0.305. The molecular weight excluding hydrogens is 627 g/mol. The van der Waals surface area contributed by atoms with Crippen LogP contribution in [-0.2, 0) is 13.5 Å². The van der Waals surface area contributed by atoms with Crippen LogP contribution in [0.2, 0.25) is 0 Å². The minimum absolute atomic E-state index is 0.00349. The van der Waals surface area contributed by atoms with Crippen LogP contribution in [0.15, 0.2) is 59.7 Å². The largest absolute Gasteiger partial charge is 0.493 e. The highest BCUT2D eigenvalue weighted by Gasteiger charge is 2.21. The maximum atomic E-state index is 15.4. The topological polar surface area (TPSA) is 111 Å². The van der Waals surface area contributed by atoms with Crippen molar-refractivity contribution >= 4 is 33.4 Å². The quantitative estimate of drug-likeness (QED) is 0.181. The standard InChI is InChI=1S/C37H41FN6O5/c1-6-24-8-10-30-27(18-24)35(45)34(23(2)43(30)4)36(46)41-25-9-11-31(28(38)19-25)49-37-26-20-32(47-5)33(21-29(26)39-22-40-37)48-17-7-12-44-15-13-42(3)14-16-44/h8-11,18-22H,6-7,12-17H2,1-5H3,(H,41,46). The fourth-order valence-corrected chi connectivity index (χ4v) is 6.09.